The molecule has 3 heterocycles. The van der Waals surface area contributed by atoms with Crippen molar-refractivity contribution in [2.75, 3.05) is 13.1 Å². The van der Waals surface area contributed by atoms with Crippen LogP contribution in [0.4, 0.5) is 0 Å². The topological polar surface area (TPSA) is 63.8 Å². The van der Waals surface area contributed by atoms with Crippen LogP contribution in [0, 0.1) is 0 Å². The third kappa shape index (κ3) is 2.26. The van der Waals surface area contributed by atoms with Gasteiger partial charge in [-0.15, -0.1) is 0 Å². The van der Waals surface area contributed by atoms with E-state index < -0.39 is 0 Å². The predicted molar refractivity (Wildman–Crippen MR) is 71.6 cm³/mol. The van der Waals surface area contributed by atoms with Crippen LogP contribution in [0.15, 0.2) is 29.0 Å². The maximum atomic E-state index is 5.54. The van der Waals surface area contributed by atoms with Gasteiger partial charge in [0, 0.05) is 24.5 Å². The molecule has 0 saturated carbocycles. The van der Waals surface area contributed by atoms with E-state index in [4.69, 9.17) is 4.52 Å². The Hall–Kier alpha value is -1.75. The van der Waals surface area contributed by atoms with Gasteiger partial charge in [-0.25, -0.2) is 0 Å². The molecule has 1 aliphatic rings. The Kier molecular flexibility index (Phi) is 3.29. The number of nitrogens with one attached hydrogen (secondary N) is 1. The second-order valence-electron chi connectivity index (χ2n) is 5.12. The minimum absolute atomic E-state index is 0.0209. The minimum Gasteiger partial charge on any atom is -0.338 e. The van der Waals surface area contributed by atoms with Gasteiger partial charge >= 0.3 is 0 Å². The van der Waals surface area contributed by atoms with Crippen LogP contribution in [0.25, 0.3) is 11.4 Å². The first-order valence-electron chi connectivity index (χ1n) is 6.79. The molecular formula is C14H18N4O. The third-order valence-corrected chi connectivity index (χ3v) is 3.79. The molecule has 5 nitrogen and oxygen atoms in total. The maximum Gasteiger partial charge on any atom is 0.234 e. The van der Waals surface area contributed by atoms with Crippen LogP contribution in [0.1, 0.15) is 32.1 Å². The lowest BCUT2D eigenvalue weighted by Crippen LogP contribution is -2.29. The van der Waals surface area contributed by atoms with Gasteiger partial charge in [0.15, 0.2) is 0 Å². The fourth-order valence-corrected chi connectivity index (χ4v) is 2.78. The Balaban J connectivity index is 1.92. The first kappa shape index (κ1) is 12.3. The highest BCUT2D eigenvalue weighted by molar-refractivity contribution is 5.52. The summed E-state index contributed by atoms with van der Waals surface area (Å²) >= 11 is 0. The zero-order chi connectivity index (χ0) is 13.1. The summed E-state index contributed by atoms with van der Waals surface area (Å²) in [4.78, 5) is 8.61. The van der Waals surface area contributed by atoms with Crippen molar-refractivity contribution in [2.45, 2.75) is 31.6 Å². The van der Waals surface area contributed by atoms with E-state index in [0.717, 1.165) is 43.8 Å². The molecule has 5 heteroatoms. The van der Waals surface area contributed by atoms with E-state index in [-0.39, 0.29) is 5.41 Å². The van der Waals surface area contributed by atoms with Crippen molar-refractivity contribution in [3.05, 3.63) is 30.4 Å². The van der Waals surface area contributed by atoms with Crippen LogP contribution >= 0.6 is 0 Å². The highest BCUT2D eigenvalue weighted by Gasteiger charge is 2.40. The lowest BCUT2D eigenvalue weighted by molar-refractivity contribution is 0.277. The molecule has 2 aromatic heterocycles. The van der Waals surface area contributed by atoms with Gasteiger partial charge in [-0.05, 0) is 31.5 Å². The molecule has 0 aromatic carbocycles. The summed E-state index contributed by atoms with van der Waals surface area (Å²) in [5.41, 5.74) is 0.968. The standard InChI is InChI=1S/C14H18N4O/c1-2-5-14(6-9-16-10-14)13-17-12(18-19-13)11-3-7-15-8-4-11/h3-4,7-8,16H,2,5-6,9-10H2,1H3. The molecule has 1 unspecified atom stereocenters. The molecule has 0 spiro atoms. The monoisotopic (exact) mass is 258 g/mol. The summed E-state index contributed by atoms with van der Waals surface area (Å²) in [6.45, 7) is 4.14. The average Bonchev–Trinajstić information content (AvgIpc) is 3.09. The highest BCUT2D eigenvalue weighted by atomic mass is 16.5. The molecule has 3 rings (SSSR count). The summed E-state index contributed by atoms with van der Waals surface area (Å²) in [6, 6.07) is 3.79. The van der Waals surface area contributed by atoms with Crippen LogP contribution in [0.3, 0.4) is 0 Å². The second-order valence-corrected chi connectivity index (χ2v) is 5.12. The van der Waals surface area contributed by atoms with Gasteiger partial charge in [0.2, 0.25) is 11.7 Å². The van der Waals surface area contributed by atoms with Crippen molar-refractivity contribution in [1.29, 1.82) is 0 Å². The maximum absolute atomic E-state index is 5.54. The molecule has 1 saturated heterocycles. The summed E-state index contributed by atoms with van der Waals surface area (Å²) < 4.78 is 5.54. The van der Waals surface area contributed by atoms with Crippen molar-refractivity contribution in [2.24, 2.45) is 0 Å². The van der Waals surface area contributed by atoms with Crippen molar-refractivity contribution in [3.8, 4) is 11.4 Å². The fourth-order valence-electron chi connectivity index (χ4n) is 2.78. The van der Waals surface area contributed by atoms with E-state index in [2.05, 4.69) is 27.4 Å². The molecule has 2 aromatic rings. The molecule has 1 aliphatic heterocycles. The van der Waals surface area contributed by atoms with Gasteiger partial charge in [-0.1, -0.05) is 18.5 Å². The second kappa shape index (κ2) is 5.09. The van der Waals surface area contributed by atoms with Crippen LogP contribution in [-0.4, -0.2) is 28.2 Å². The number of aromatic nitrogens is 3. The van der Waals surface area contributed by atoms with Crippen molar-refractivity contribution in [1.82, 2.24) is 20.4 Å². The van der Waals surface area contributed by atoms with Crippen LogP contribution in [-0.2, 0) is 5.41 Å². The molecule has 100 valence electrons. The van der Waals surface area contributed by atoms with E-state index in [1.165, 1.54) is 0 Å². The van der Waals surface area contributed by atoms with Crippen LogP contribution in [0.2, 0.25) is 0 Å². The van der Waals surface area contributed by atoms with Gasteiger partial charge in [0.05, 0.1) is 5.41 Å². The third-order valence-electron chi connectivity index (χ3n) is 3.79. The van der Waals surface area contributed by atoms with Gasteiger partial charge in [-0.3, -0.25) is 4.98 Å². The molecule has 19 heavy (non-hydrogen) atoms. The van der Waals surface area contributed by atoms with Gasteiger partial charge in [-0.2, -0.15) is 4.98 Å². The zero-order valence-electron chi connectivity index (χ0n) is 11.1. The largest absolute Gasteiger partial charge is 0.338 e. The van der Waals surface area contributed by atoms with E-state index in [1.807, 2.05) is 12.1 Å². The average molecular weight is 258 g/mol. The number of pyridine rings is 1. The molecule has 0 aliphatic carbocycles. The Morgan fingerprint density at radius 3 is 2.89 bits per heavy atom. The summed E-state index contributed by atoms with van der Waals surface area (Å²) in [6.07, 6.45) is 6.75. The van der Waals surface area contributed by atoms with E-state index in [0.29, 0.717) is 5.82 Å². The molecule has 0 bridgehead atoms. The zero-order valence-corrected chi connectivity index (χ0v) is 11.1. The SMILES string of the molecule is CCCC1(c2nc(-c3ccncc3)no2)CCNC1. The van der Waals surface area contributed by atoms with E-state index in [9.17, 15) is 0 Å². The number of hydrogen-bond acceptors (Lipinski definition) is 5. The highest BCUT2D eigenvalue weighted by Crippen LogP contribution is 2.35. The first-order valence-corrected chi connectivity index (χ1v) is 6.79. The molecule has 0 radical (unpaired) electrons. The molecular weight excluding hydrogens is 240 g/mol. The fraction of sp³-hybridized carbons (Fsp3) is 0.500. The number of nitrogens with zero attached hydrogens (tertiary/aromatic N) is 3. The van der Waals surface area contributed by atoms with E-state index >= 15 is 0 Å². The Morgan fingerprint density at radius 1 is 1.37 bits per heavy atom. The Morgan fingerprint density at radius 2 is 2.21 bits per heavy atom. The lowest BCUT2D eigenvalue weighted by atomic mass is 9.82. The molecule has 1 fully saturated rings. The number of hydrogen-bond donors (Lipinski definition) is 1. The summed E-state index contributed by atoms with van der Waals surface area (Å²) in [7, 11) is 0. The summed E-state index contributed by atoms with van der Waals surface area (Å²) in [5, 5.41) is 7.52. The quantitative estimate of drug-likeness (QED) is 0.910. The predicted octanol–water partition coefficient (Wildman–Crippen LogP) is 2.16. The first-order chi connectivity index (χ1) is 9.34. The van der Waals surface area contributed by atoms with E-state index in [1.54, 1.807) is 12.4 Å². The molecule has 1 atom stereocenters. The minimum atomic E-state index is 0.0209. The smallest absolute Gasteiger partial charge is 0.234 e. The van der Waals surface area contributed by atoms with Crippen molar-refractivity contribution in [3.63, 3.8) is 0 Å². The Labute approximate surface area is 112 Å². The van der Waals surface area contributed by atoms with Crippen molar-refractivity contribution < 1.29 is 4.52 Å². The molecule has 1 N–H and O–H groups in total. The van der Waals surface area contributed by atoms with Crippen LogP contribution < -0.4 is 5.32 Å². The summed E-state index contributed by atoms with van der Waals surface area (Å²) in [5.74, 6) is 1.42. The molecule has 0 amide bonds. The van der Waals surface area contributed by atoms with Gasteiger partial charge in [0.25, 0.3) is 0 Å². The normalized spacial score (nSPS) is 22.8. The lowest BCUT2D eigenvalue weighted by Gasteiger charge is -2.22. The number of rotatable bonds is 4. The van der Waals surface area contributed by atoms with Crippen molar-refractivity contribution >= 4 is 0 Å². The Bertz CT molecular complexity index is 531. The van der Waals surface area contributed by atoms with Crippen LogP contribution in [0.5, 0.6) is 0 Å². The van der Waals surface area contributed by atoms with Gasteiger partial charge < -0.3 is 9.84 Å². The van der Waals surface area contributed by atoms with Gasteiger partial charge in [0.1, 0.15) is 0 Å².